The van der Waals surface area contributed by atoms with Gasteiger partial charge in [-0.25, -0.2) is 9.78 Å². The van der Waals surface area contributed by atoms with Gasteiger partial charge in [0.05, 0.1) is 7.11 Å². The Labute approximate surface area is 131 Å². The number of hydrogen-bond acceptors (Lipinski definition) is 4. The van der Waals surface area contributed by atoms with Crippen molar-refractivity contribution < 1.29 is 9.53 Å². The lowest BCUT2D eigenvalue weighted by molar-refractivity contribution is 0.131. The first-order valence-electron chi connectivity index (χ1n) is 8.07. The third kappa shape index (κ3) is 3.32. The molecule has 6 nitrogen and oxygen atoms in total. The van der Waals surface area contributed by atoms with Crippen LogP contribution in [0.2, 0.25) is 0 Å². The zero-order valence-corrected chi connectivity index (χ0v) is 13.1. The molecule has 2 amide bonds. The Bertz CT molecular complexity index is 517. The first-order valence-corrected chi connectivity index (χ1v) is 8.07. The number of aromatic nitrogens is 1. The van der Waals surface area contributed by atoms with Crippen LogP contribution in [0.25, 0.3) is 0 Å². The number of rotatable bonds is 3. The van der Waals surface area contributed by atoms with Gasteiger partial charge < -0.3 is 15.0 Å². The van der Waals surface area contributed by atoms with Crippen molar-refractivity contribution >= 4 is 11.7 Å². The maximum Gasteiger partial charge on any atom is 0.322 e. The fraction of sp³-hybridized carbons (Fsp3) is 0.625. The Morgan fingerprint density at radius 2 is 2.14 bits per heavy atom. The molecule has 1 unspecified atom stereocenters. The van der Waals surface area contributed by atoms with Gasteiger partial charge in [-0.3, -0.25) is 4.90 Å². The third-order valence-corrected chi connectivity index (χ3v) is 4.55. The summed E-state index contributed by atoms with van der Waals surface area (Å²) >= 11 is 0. The number of urea groups is 1. The second kappa shape index (κ2) is 6.96. The quantitative estimate of drug-likeness (QED) is 0.930. The maximum absolute atomic E-state index is 12.5. The topological polar surface area (TPSA) is 57.7 Å². The highest BCUT2D eigenvalue weighted by molar-refractivity contribution is 5.90. The molecule has 3 heterocycles. The van der Waals surface area contributed by atoms with Crippen LogP contribution in [0.15, 0.2) is 18.3 Å². The van der Waals surface area contributed by atoms with Crippen molar-refractivity contribution in [1.82, 2.24) is 14.8 Å². The molecule has 0 bridgehead atoms. The molecule has 2 aliphatic rings. The fourth-order valence-corrected chi connectivity index (χ4v) is 3.39. The van der Waals surface area contributed by atoms with Crippen molar-refractivity contribution in [2.75, 3.05) is 38.6 Å². The molecule has 3 rings (SSSR count). The zero-order valence-electron chi connectivity index (χ0n) is 13.1. The standard InChI is InChI=1S/C16H24N4O2/c1-22-15-14(7-4-8-17-15)18-16(21)20-11-5-6-13(12-20)19-9-2-3-10-19/h4,7-8,13H,2-3,5-6,9-12H2,1H3,(H,18,21). The minimum absolute atomic E-state index is 0.0600. The van der Waals surface area contributed by atoms with Crippen molar-refractivity contribution in [3.05, 3.63) is 18.3 Å². The molecule has 120 valence electrons. The molecule has 0 spiro atoms. The lowest BCUT2D eigenvalue weighted by atomic mass is 10.0. The zero-order chi connectivity index (χ0) is 15.4. The van der Waals surface area contributed by atoms with Crippen molar-refractivity contribution in [2.24, 2.45) is 0 Å². The number of methoxy groups -OCH3 is 1. The third-order valence-electron chi connectivity index (χ3n) is 4.55. The summed E-state index contributed by atoms with van der Waals surface area (Å²) in [6.45, 7) is 3.99. The van der Waals surface area contributed by atoms with Crippen LogP contribution in [0.4, 0.5) is 10.5 Å². The molecule has 2 fully saturated rings. The Kier molecular flexibility index (Phi) is 4.77. The first kappa shape index (κ1) is 15.1. The largest absolute Gasteiger partial charge is 0.480 e. The number of carbonyl (C=O) groups is 1. The lowest BCUT2D eigenvalue weighted by Crippen LogP contribution is -2.50. The molecule has 0 saturated carbocycles. The minimum Gasteiger partial charge on any atom is -0.480 e. The smallest absolute Gasteiger partial charge is 0.322 e. The van der Waals surface area contributed by atoms with Gasteiger partial charge in [0.25, 0.3) is 0 Å². The van der Waals surface area contributed by atoms with Gasteiger partial charge in [0, 0.05) is 25.3 Å². The predicted molar refractivity (Wildman–Crippen MR) is 85.2 cm³/mol. The maximum atomic E-state index is 12.5. The van der Waals surface area contributed by atoms with Crippen molar-refractivity contribution in [1.29, 1.82) is 0 Å². The van der Waals surface area contributed by atoms with E-state index in [0.29, 0.717) is 17.6 Å². The highest BCUT2D eigenvalue weighted by atomic mass is 16.5. The molecule has 0 aromatic carbocycles. The van der Waals surface area contributed by atoms with Crippen molar-refractivity contribution in [2.45, 2.75) is 31.7 Å². The molecule has 22 heavy (non-hydrogen) atoms. The normalized spacial score (nSPS) is 22.6. The highest BCUT2D eigenvalue weighted by Gasteiger charge is 2.29. The van der Waals surface area contributed by atoms with E-state index >= 15 is 0 Å². The monoisotopic (exact) mass is 304 g/mol. The van der Waals surface area contributed by atoms with E-state index in [0.717, 1.165) is 19.5 Å². The first-order chi connectivity index (χ1) is 10.8. The Morgan fingerprint density at radius 3 is 2.91 bits per heavy atom. The van der Waals surface area contributed by atoms with Gasteiger partial charge in [-0.2, -0.15) is 0 Å². The number of carbonyl (C=O) groups excluding carboxylic acids is 1. The van der Waals surface area contributed by atoms with E-state index in [2.05, 4.69) is 15.2 Å². The van der Waals surface area contributed by atoms with Gasteiger partial charge in [-0.05, 0) is 50.9 Å². The summed E-state index contributed by atoms with van der Waals surface area (Å²) in [6.07, 6.45) is 6.49. The Hall–Kier alpha value is -1.82. The number of hydrogen-bond donors (Lipinski definition) is 1. The summed E-state index contributed by atoms with van der Waals surface area (Å²) in [6, 6.07) is 4.06. The minimum atomic E-state index is -0.0600. The van der Waals surface area contributed by atoms with Crippen LogP contribution in [-0.2, 0) is 0 Å². The molecule has 2 saturated heterocycles. The van der Waals surface area contributed by atoms with E-state index in [9.17, 15) is 4.79 Å². The lowest BCUT2D eigenvalue weighted by Gasteiger charge is -2.37. The molecule has 0 aliphatic carbocycles. The summed E-state index contributed by atoms with van der Waals surface area (Å²) in [5, 5.41) is 2.92. The average molecular weight is 304 g/mol. The second-order valence-corrected chi connectivity index (χ2v) is 5.98. The summed E-state index contributed by atoms with van der Waals surface area (Å²) in [7, 11) is 1.56. The summed E-state index contributed by atoms with van der Waals surface area (Å²) in [5.74, 6) is 0.448. The van der Waals surface area contributed by atoms with Crippen LogP contribution in [0.1, 0.15) is 25.7 Å². The number of likely N-dealkylation sites (tertiary alicyclic amines) is 2. The SMILES string of the molecule is COc1ncccc1NC(=O)N1CCCC(N2CCCC2)C1. The van der Waals surface area contributed by atoms with E-state index in [1.54, 1.807) is 19.4 Å². The molecule has 1 aromatic rings. The number of nitrogens with zero attached hydrogens (tertiary/aromatic N) is 3. The molecule has 1 aromatic heterocycles. The molecule has 6 heteroatoms. The number of anilines is 1. The fourth-order valence-electron chi connectivity index (χ4n) is 3.39. The van der Waals surface area contributed by atoms with Gasteiger partial charge in [0.2, 0.25) is 5.88 Å². The van der Waals surface area contributed by atoms with E-state index in [1.807, 2.05) is 11.0 Å². The summed E-state index contributed by atoms with van der Waals surface area (Å²) < 4.78 is 5.18. The van der Waals surface area contributed by atoms with Crippen LogP contribution < -0.4 is 10.1 Å². The van der Waals surface area contributed by atoms with E-state index in [-0.39, 0.29) is 6.03 Å². The Morgan fingerprint density at radius 1 is 1.32 bits per heavy atom. The summed E-state index contributed by atoms with van der Waals surface area (Å²) in [5.41, 5.74) is 0.623. The highest BCUT2D eigenvalue weighted by Crippen LogP contribution is 2.23. The van der Waals surface area contributed by atoms with E-state index in [1.165, 1.54) is 32.4 Å². The molecular weight excluding hydrogens is 280 g/mol. The van der Waals surface area contributed by atoms with Crippen LogP contribution >= 0.6 is 0 Å². The Balaban J connectivity index is 1.61. The number of amides is 2. The van der Waals surface area contributed by atoms with E-state index in [4.69, 9.17) is 4.74 Å². The van der Waals surface area contributed by atoms with Crippen LogP contribution in [0.5, 0.6) is 5.88 Å². The molecule has 2 aliphatic heterocycles. The van der Waals surface area contributed by atoms with Gasteiger partial charge in [-0.15, -0.1) is 0 Å². The summed E-state index contributed by atoms with van der Waals surface area (Å²) in [4.78, 5) is 21.1. The van der Waals surface area contributed by atoms with Crippen LogP contribution in [-0.4, -0.2) is 60.1 Å². The number of pyridine rings is 1. The molecule has 1 atom stereocenters. The predicted octanol–water partition coefficient (Wildman–Crippen LogP) is 2.18. The van der Waals surface area contributed by atoms with E-state index < -0.39 is 0 Å². The van der Waals surface area contributed by atoms with Crippen molar-refractivity contribution in [3.63, 3.8) is 0 Å². The molecule has 0 radical (unpaired) electrons. The number of piperidine rings is 1. The van der Waals surface area contributed by atoms with Crippen LogP contribution in [0, 0.1) is 0 Å². The van der Waals surface area contributed by atoms with Gasteiger partial charge in [0.1, 0.15) is 5.69 Å². The average Bonchev–Trinajstić information content (AvgIpc) is 3.10. The number of nitrogens with one attached hydrogen (secondary N) is 1. The van der Waals surface area contributed by atoms with Gasteiger partial charge in [-0.1, -0.05) is 0 Å². The second-order valence-electron chi connectivity index (χ2n) is 5.98. The molecule has 1 N–H and O–H groups in total. The van der Waals surface area contributed by atoms with Crippen molar-refractivity contribution in [3.8, 4) is 5.88 Å². The number of ether oxygens (including phenoxy) is 1. The van der Waals surface area contributed by atoms with Crippen LogP contribution in [0.3, 0.4) is 0 Å². The molecular formula is C16H24N4O2. The van der Waals surface area contributed by atoms with Gasteiger partial charge >= 0.3 is 6.03 Å². The van der Waals surface area contributed by atoms with Gasteiger partial charge in [0.15, 0.2) is 0 Å².